The summed E-state index contributed by atoms with van der Waals surface area (Å²) in [5.74, 6) is 0.971. The third-order valence-electron chi connectivity index (χ3n) is 4.25. The summed E-state index contributed by atoms with van der Waals surface area (Å²) >= 11 is 0. The van der Waals surface area contributed by atoms with Crippen molar-refractivity contribution in [3.8, 4) is 5.75 Å². The molecule has 0 amide bonds. The Balaban J connectivity index is 1.43. The Hall–Kier alpha value is -1.10. The van der Waals surface area contributed by atoms with Gasteiger partial charge < -0.3 is 10.1 Å². The van der Waals surface area contributed by atoms with Crippen LogP contribution in [0.4, 0.5) is 0 Å². The average Bonchev–Trinajstić information content (AvgIpc) is 2.45. The number of benzene rings is 1. The van der Waals surface area contributed by atoms with Gasteiger partial charge in [-0.15, -0.1) is 0 Å². The van der Waals surface area contributed by atoms with E-state index in [1.54, 1.807) is 0 Å². The van der Waals surface area contributed by atoms with Gasteiger partial charge in [-0.1, -0.05) is 12.1 Å². The predicted molar refractivity (Wildman–Crippen MR) is 81.1 cm³/mol. The minimum Gasteiger partial charge on any atom is -0.494 e. The van der Waals surface area contributed by atoms with Crippen molar-refractivity contribution in [1.29, 1.82) is 0 Å². The second-order valence-electron chi connectivity index (χ2n) is 5.71. The Bertz CT molecular complexity index is 408. The fourth-order valence-electron chi connectivity index (χ4n) is 3.07. The van der Waals surface area contributed by atoms with Crippen LogP contribution < -0.4 is 10.1 Å². The number of nitrogens with one attached hydrogen (secondary N) is 1. The van der Waals surface area contributed by atoms with Gasteiger partial charge in [-0.25, -0.2) is 0 Å². The van der Waals surface area contributed by atoms with Crippen LogP contribution >= 0.6 is 0 Å². The Morgan fingerprint density at radius 2 is 1.85 bits per heavy atom. The first-order valence-electron chi connectivity index (χ1n) is 7.74. The molecule has 0 saturated carbocycles. The van der Waals surface area contributed by atoms with Crippen molar-refractivity contribution in [3.63, 3.8) is 0 Å². The summed E-state index contributed by atoms with van der Waals surface area (Å²) in [6.07, 6.45) is 0. The standard InChI is InChI=1S/C16H25N3O/c1-2-20-16-5-3-14(4-6-16)11-18-12-15(13-18)19-9-7-17-8-10-19/h3-6,15,17H,2,7-13H2,1H3. The van der Waals surface area contributed by atoms with Crippen LogP contribution in [0.1, 0.15) is 12.5 Å². The van der Waals surface area contributed by atoms with E-state index in [4.69, 9.17) is 4.74 Å². The fraction of sp³-hybridized carbons (Fsp3) is 0.625. The highest BCUT2D eigenvalue weighted by molar-refractivity contribution is 5.27. The van der Waals surface area contributed by atoms with Crippen molar-refractivity contribution >= 4 is 0 Å². The predicted octanol–water partition coefficient (Wildman–Crippen LogP) is 1.17. The SMILES string of the molecule is CCOc1ccc(CN2CC(N3CCNCC3)C2)cc1. The molecular weight excluding hydrogens is 250 g/mol. The van der Waals surface area contributed by atoms with Crippen LogP contribution in [0.3, 0.4) is 0 Å². The van der Waals surface area contributed by atoms with Gasteiger partial charge in [-0.3, -0.25) is 9.80 Å². The minimum atomic E-state index is 0.734. The Morgan fingerprint density at radius 3 is 2.50 bits per heavy atom. The first-order valence-corrected chi connectivity index (χ1v) is 7.74. The summed E-state index contributed by atoms with van der Waals surface area (Å²) in [5.41, 5.74) is 1.38. The molecule has 2 saturated heterocycles. The molecule has 4 heteroatoms. The van der Waals surface area contributed by atoms with Crippen molar-refractivity contribution < 1.29 is 4.74 Å². The molecule has 1 N–H and O–H groups in total. The molecule has 2 aliphatic rings. The molecule has 0 radical (unpaired) electrons. The Kier molecular flexibility index (Phi) is 4.55. The van der Waals surface area contributed by atoms with E-state index >= 15 is 0 Å². The van der Waals surface area contributed by atoms with E-state index < -0.39 is 0 Å². The van der Waals surface area contributed by atoms with Crippen LogP contribution in [0.25, 0.3) is 0 Å². The van der Waals surface area contributed by atoms with Crippen LogP contribution in [-0.4, -0.2) is 61.7 Å². The number of likely N-dealkylation sites (tertiary alicyclic amines) is 1. The maximum absolute atomic E-state index is 5.48. The number of piperazine rings is 1. The quantitative estimate of drug-likeness (QED) is 0.873. The lowest BCUT2D eigenvalue weighted by Gasteiger charge is -2.46. The molecule has 0 spiro atoms. The highest BCUT2D eigenvalue weighted by Crippen LogP contribution is 2.20. The Labute approximate surface area is 121 Å². The van der Waals surface area contributed by atoms with Crippen molar-refractivity contribution in [2.75, 3.05) is 45.9 Å². The monoisotopic (exact) mass is 275 g/mol. The molecule has 2 fully saturated rings. The normalized spacial score (nSPS) is 21.6. The van der Waals surface area contributed by atoms with Gasteiger partial charge in [0.05, 0.1) is 6.61 Å². The largest absolute Gasteiger partial charge is 0.494 e. The molecule has 110 valence electrons. The molecule has 3 rings (SSSR count). The van der Waals surface area contributed by atoms with Gasteiger partial charge in [-0.05, 0) is 24.6 Å². The van der Waals surface area contributed by atoms with E-state index in [2.05, 4.69) is 39.4 Å². The number of hydrogen-bond acceptors (Lipinski definition) is 4. The number of hydrogen-bond donors (Lipinski definition) is 1. The van der Waals surface area contributed by atoms with Gasteiger partial charge in [0.1, 0.15) is 5.75 Å². The van der Waals surface area contributed by atoms with E-state index in [0.717, 1.165) is 38.0 Å². The summed E-state index contributed by atoms with van der Waals surface area (Å²) in [5, 5.41) is 3.42. The van der Waals surface area contributed by atoms with Gasteiger partial charge in [0, 0.05) is 51.9 Å². The lowest BCUT2D eigenvalue weighted by Crippen LogP contribution is -2.62. The summed E-state index contributed by atoms with van der Waals surface area (Å²) in [4.78, 5) is 5.16. The molecule has 0 aliphatic carbocycles. The van der Waals surface area contributed by atoms with Gasteiger partial charge in [0.2, 0.25) is 0 Å². The van der Waals surface area contributed by atoms with E-state index in [1.807, 2.05) is 6.92 Å². The molecular formula is C16H25N3O. The third-order valence-corrected chi connectivity index (χ3v) is 4.25. The molecule has 0 unspecified atom stereocenters. The maximum Gasteiger partial charge on any atom is 0.119 e. The summed E-state index contributed by atoms with van der Waals surface area (Å²) in [6, 6.07) is 9.30. The molecule has 4 nitrogen and oxygen atoms in total. The molecule has 1 aromatic carbocycles. The van der Waals surface area contributed by atoms with E-state index in [1.165, 1.54) is 31.7 Å². The van der Waals surface area contributed by atoms with Gasteiger partial charge in [0.25, 0.3) is 0 Å². The molecule has 2 heterocycles. The lowest BCUT2D eigenvalue weighted by atomic mass is 10.0. The maximum atomic E-state index is 5.48. The van der Waals surface area contributed by atoms with Crippen molar-refractivity contribution in [2.24, 2.45) is 0 Å². The fourth-order valence-corrected chi connectivity index (χ4v) is 3.07. The van der Waals surface area contributed by atoms with E-state index in [9.17, 15) is 0 Å². The number of nitrogens with zero attached hydrogens (tertiary/aromatic N) is 2. The van der Waals surface area contributed by atoms with Crippen molar-refractivity contribution in [3.05, 3.63) is 29.8 Å². The van der Waals surface area contributed by atoms with Crippen molar-refractivity contribution in [2.45, 2.75) is 19.5 Å². The van der Waals surface area contributed by atoms with Crippen LogP contribution in [0.2, 0.25) is 0 Å². The van der Waals surface area contributed by atoms with E-state index in [0.29, 0.717) is 0 Å². The lowest BCUT2D eigenvalue weighted by molar-refractivity contribution is 0.0223. The average molecular weight is 275 g/mol. The number of ether oxygens (including phenoxy) is 1. The minimum absolute atomic E-state index is 0.734. The third kappa shape index (κ3) is 3.32. The first-order chi connectivity index (χ1) is 9.85. The Morgan fingerprint density at radius 1 is 1.15 bits per heavy atom. The molecule has 0 aromatic heterocycles. The zero-order valence-corrected chi connectivity index (χ0v) is 12.3. The first kappa shape index (κ1) is 13.9. The van der Waals surface area contributed by atoms with Gasteiger partial charge in [0.15, 0.2) is 0 Å². The van der Waals surface area contributed by atoms with E-state index in [-0.39, 0.29) is 0 Å². The zero-order chi connectivity index (χ0) is 13.8. The zero-order valence-electron chi connectivity index (χ0n) is 12.3. The second kappa shape index (κ2) is 6.57. The summed E-state index contributed by atoms with van der Waals surface area (Å²) in [7, 11) is 0. The molecule has 1 aromatic rings. The molecule has 0 atom stereocenters. The molecule has 0 bridgehead atoms. The van der Waals surface area contributed by atoms with Crippen LogP contribution in [0.5, 0.6) is 5.75 Å². The summed E-state index contributed by atoms with van der Waals surface area (Å²) < 4.78 is 5.48. The number of rotatable bonds is 5. The highest BCUT2D eigenvalue weighted by Gasteiger charge is 2.31. The van der Waals surface area contributed by atoms with Gasteiger partial charge in [-0.2, -0.15) is 0 Å². The summed E-state index contributed by atoms with van der Waals surface area (Å²) in [6.45, 7) is 11.0. The van der Waals surface area contributed by atoms with Gasteiger partial charge >= 0.3 is 0 Å². The van der Waals surface area contributed by atoms with Crippen molar-refractivity contribution in [1.82, 2.24) is 15.1 Å². The highest BCUT2D eigenvalue weighted by atomic mass is 16.5. The smallest absolute Gasteiger partial charge is 0.119 e. The molecule has 20 heavy (non-hydrogen) atoms. The van der Waals surface area contributed by atoms with Crippen LogP contribution in [0, 0.1) is 0 Å². The van der Waals surface area contributed by atoms with Crippen LogP contribution in [0.15, 0.2) is 24.3 Å². The second-order valence-corrected chi connectivity index (χ2v) is 5.71. The molecule has 2 aliphatic heterocycles. The topological polar surface area (TPSA) is 27.7 Å². The van der Waals surface area contributed by atoms with Crippen LogP contribution in [-0.2, 0) is 6.54 Å².